The average molecular weight is 549 g/mol. The van der Waals surface area contributed by atoms with E-state index in [4.69, 9.17) is 14.7 Å². The van der Waals surface area contributed by atoms with E-state index in [1.54, 1.807) is 13.0 Å². The number of aromatic nitrogens is 2. The van der Waals surface area contributed by atoms with Crippen molar-refractivity contribution in [1.29, 1.82) is 0 Å². The summed E-state index contributed by atoms with van der Waals surface area (Å²) in [5.41, 5.74) is 3.00. The molecule has 1 aromatic heterocycles. The SMILES string of the molecule is CC(=O)N1CCN(c2nc(OCCN3CCC[C@@H](F)C3)nc3c2CCN(c2cc(O)cc4ccccc24)C3)CC1. The van der Waals surface area contributed by atoms with Crippen LogP contribution in [0.3, 0.4) is 0 Å². The number of aromatic hydroxyl groups is 1. The number of piperidine rings is 1. The van der Waals surface area contributed by atoms with Crippen LogP contribution in [0.2, 0.25) is 0 Å². The minimum atomic E-state index is -0.770. The lowest BCUT2D eigenvalue weighted by Crippen LogP contribution is -2.49. The van der Waals surface area contributed by atoms with E-state index in [1.807, 2.05) is 29.2 Å². The van der Waals surface area contributed by atoms with Gasteiger partial charge < -0.3 is 24.5 Å². The summed E-state index contributed by atoms with van der Waals surface area (Å²) in [7, 11) is 0. The van der Waals surface area contributed by atoms with Gasteiger partial charge in [0.1, 0.15) is 24.3 Å². The second-order valence-corrected chi connectivity index (χ2v) is 11.0. The molecule has 10 heteroatoms. The zero-order valence-corrected chi connectivity index (χ0v) is 23.1. The number of hydrogen-bond donors (Lipinski definition) is 1. The molecule has 2 saturated heterocycles. The summed E-state index contributed by atoms with van der Waals surface area (Å²) in [6.45, 7) is 8.03. The van der Waals surface area contributed by atoms with Crippen LogP contribution in [-0.4, -0.2) is 95.9 Å². The maximum absolute atomic E-state index is 13.9. The highest BCUT2D eigenvalue weighted by molar-refractivity contribution is 5.95. The Labute approximate surface area is 234 Å². The van der Waals surface area contributed by atoms with Crippen molar-refractivity contribution in [3.05, 3.63) is 47.7 Å². The standard InChI is InChI=1S/C30H37FN6O3/c1-21(38)35-11-13-36(14-12-35)29-26-8-10-37(28-18-24(39)17-22-5-2-3-7-25(22)28)20-27(26)32-30(33-29)40-16-15-34-9-4-6-23(31)19-34/h2-3,5,7,17-18,23,39H,4,6,8-16,19-20H2,1H3/t23-/m1/s1. The zero-order chi connectivity index (χ0) is 27.6. The van der Waals surface area contributed by atoms with Crippen LogP contribution >= 0.6 is 0 Å². The molecule has 4 heterocycles. The molecule has 2 aromatic carbocycles. The molecule has 0 aliphatic carbocycles. The van der Waals surface area contributed by atoms with Crippen molar-refractivity contribution in [2.45, 2.75) is 38.9 Å². The molecule has 2 fully saturated rings. The van der Waals surface area contributed by atoms with Crippen molar-refractivity contribution in [2.24, 2.45) is 0 Å². The first-order valence-electron chi connectivity index (χ1n) is 14.3. The Balaban J connectivity index is 1.27. The highest BCUT2D eigenvalue weighted by Crippen LogP contribution is 2.36. The third-order valence-electron chi connectivity index (χ3n) is 8.30. The third-order valence-corrected chi connectivity index (χ3v) is 8.30. The predicted molar refractivity (Wildman–Crippen MR) is 153 cm³/mol. The van der Waals surface area contributed by atoms with Crippen molar-refractivity contribution < 1.29 is 19.0 Å². The molecular weight excluding hydrogens is 511 g/mol. The molecule has 0 radical (unpaired) electrons. The number of amides is 1. The number of likely N-dealkylation sites (tertiary alicyclic amines) is 1. The number of halogens is 1. The van der Waals surface area contributed by atoms with Gasteiger partial charge in [-0.1, -0.05) is 24.3 Å². The van der Waals surface area contributed by atoms with Crippen molar-refractivity contribution in [1.82, 2.24) is 19.8 Å². The van der Waals surface area contributed by atoms with E-state index in [0.717, 1.165) is 59.5 Å². The molecule has 1 amide bonds. The van der Waals surface area contributed by atoms with Gasteiger partial charge in [-0.2, -0.15) is 9.97 Å². The Hall–Kier alpha value is -3.66. The van der Waals surface area contributed by atoms with Gasteiger partial charge in [-0.25, -0.2) is 4.39 Å². The van der Waals surface area contributed by atoms with Gasteiger partial charge in [0.05, 0.1) is 12.2 Å². The number of hydrogen-bond acceptors (Lipinski definition) is 8. The normalized spacial score (nSPS) is 20.1. The topological polar surface area (TPSA) is 85.3 Å². The summed E-state index contributed by atoms with van der Waals surface area (Å²) in [5.74, 6) is 1.21. The molecule has 3 aliphatic heterocycles. The van der Waals surface area contributed by atoms with Crippen molar-refractivity contribution >= 4 is 28.2 Å². The van der Waals surface area contributed by atoms with Crippen molar-refractivity contribution in [3.63, 3.8) is 0 Å². The molecular formula is C30H37FN6O3. The summed E-state index contributed by atoms with van der Waals surface area (Å²) < 4.78 is 19.9. The summed E-state index contributed by atoms with van der Waals surface area (Å²) in [6, 6.07) is 12.0. The summed E-state index contributed by atoms with van der Waals surface area (Å²) in [6.07, 6.45) is 1.49. The molecule has 9 nitrogen and oxygen atoms in total. The van der Waals surface area contributed by atoms with Crippen molar-refractivity contribution in [2.75, 3.05) is 68.8 Å². The van der Waals surface area contributed by atoms with Gasteiger partial charge in [0.2, 0.25) is 5.91 Å². The van der Waals surface area contributed by atoms with E-state index in [9.17, 15) is 14.3 Å². The second-order valence-electron chi connectivity index (χ2n) is 11.0. The first-order chi connectivity index (χ1) is 19.4. The fourth-order valence-electron chi connectivity index (χ4n) is 6.16. The Bertz CT molecular complexity index is 1380. The smallest absolute Gasteiger partial charge is 0.318 e. The molecule has 0 bridgehead atoms. The molecule has 6 rings (SSSR count). The fourth-order valence-corrected chi connectivity index (χ4v) is 6.16. The van der Waals surface area contributed by atoms with Crippen molar-refractivity contribution in [3.8, 4) is 11.8 Å². The largest absolute Gasteiger partial charge is 0.508 e. The van der Waals surface area contributed by atoms with Crippen LogP contribution in [-0.2, 0) is 17.8 Å². The maximum Gasteiger partial charge on any atom is 0.318 e. The number of carbonyl (C=O) groups excluding carboxylic acids is 1. The Morgan fingerprint density at radius 1 is 1.07 bits per heavy atom. The Kier molecular flexibility index (Phi) is 7.60. The van der Waals surface area contributed by atoms with Gasteiger partial charge in [0.15, 0.2) is 0 Å². The number of alkyl halides is 1. The minimum absolute atomic E-state index is 0.0931. The number of anilines is 2. The van der Waals surface area contributed by atoms with Gasteiger partial charge in [0, 0.05) is 75.4 Å². The van der Waals surface area contributed by atoms with E-state index in [1.165, 1.54) is 0 Å². The molecule has 0 unspecified atom stereocenters. The quantitative estimate of drug-likeness (QED) is 0.502. The van der Waals surface area contributed by atoms with Crippen LogP contribution in [0, 0.1) is 0 Å². The Morgan fingerprint density at radius 2 is 1.90 bits per heavy atom. The number of rotatable bonds is 6. The molecule has 0 saturated carbocycles. The second kappa shape index (κ2) is 11.4. The number of piperazine rings is 1. The monoisotopic (exact) mass is 548 g/mol. The van der Waals surface area contributed by atoms with E-state index in [2.05, 4.69) is 20.8 Å². The number of phenols is 1. The van der Waals surface area contributed by atoms with Crippen LogP contribution in [0.1, 0.15) is 31.0 Å². The van der Waals surface area contributed by atoms with E-state index < -0.39 is 6.17 Å². The van der Waals surface area contributed by atoms with Crippen LogP contribution in [0.4, 0.5) is 15.9 Å². The fraction of sp³-hybridized carbons (Fsp3) is 0.500. The summed E-state index contributed by atoms with van der Waals surface area (Å²) in [5, 5.41) is 12.5. The molecule has 1 atom stereocenters. The van der Waals surface area contributed by atoms with E-state index >= 15 is 0 Å². The number of nitrogens with zero attached hydrogens (tertiary/aromatic N) is 6. The minimum Gasteiger partial charge on any atom is -0.508 e. The lowest BCUT2D eigenvalue weighted by Gasteiger charge is -2.38. The van der Waals surface area contributed by atoms with Gasteiger partial charge in [-0.3, -0.25) is 9.69 Å². The van der Waals surface area contributed by atoms with E-state index in [0.29, 0.717) is 64.9 Å². The zero-order valence-electron chi connectivity index (χ0n) is 23.1. The molecule has 40 heavy (non-hydrogen) atoms. The van der Waals surface area contributed by atoms with Gasteiger partial charge in [-0.05, 0) is 37.3 Å². The highest BCUT2D eigenvalue weighted by atomic mass is 19.1. The lowest BCUT2D eigenvalue weighted by atomic mass is 10.0. The third kappa shape index (κ3) is 5.63. The number of fused-ring (bicyclic) bond motifs is 2. The predicted octanol–water partition coefficient (Wildman–Crippen LogP) is 3.38. The summed E-state index contributed by atoms with van der Waals surface area (Å²) >= 11 is 0. The number of benzene rings is 2. The lowest BCUT2D eigenvalue weighted by molar-refractivity contribution is -0.129. The molecule has 0 spiro atoms. The number of phenolic OH excluding ortho intramolecular Hbond substituents is 1. The summed E-state index contributed by atoms with van der Waals surface area (Å²) in [4.78, 5) is 30.1. The van der Waals surface area contributed by atoms with E-state index in [-0.39, 0.29) is 11.7 Å². The van der Waals surface area contributed by atoms with Crippen LogP contribution in [0.15, 0.2) is 36.4 Å². The molecule has 212 valence electrons. The van der Waals surface area contributed by atoms with Crippen LogP contribution < -0.4 is 14.5 Å². The van der Waals surface area contributed by atoms with Gasteiger partial charge in [0.25, 0.3) is 0 Å². The van der Waals surface area contributed by atoms with Crippen LogP contribution in [0.25, 0.3) is 10.8 Å². The van der Waals surface area contributed by atoms with Gasteiger partial charge >= 0.3 is 6.01 Å². The molecule has 1 N–H and O–H groups in total. The highest BCUT2D eigenvalue weighted by Gasteiger charge is 2.29. The average Bonchev–Trinajstić information content (AvgIpc) is 2.96. The maximum atomic E-state index is 13.9. The van der Waals surface area contributed by atoms with Crippen LogP contribution in [0.5, 0.6) is 11.8 Å². The number of ether oxygens (including phenoxy) is 1. The Morgan fingerprint density at radius 3 is 2.70 bits per heavy atom. The molecule has 3 aromatic rings. The van der Waals surface area contributed by atoms with Gasteiger partial charge in [-0.15, -0.1) is 0 Å². The first kappa shape index (κ1) is 26.6. The number of carbonyl (C=O) groups is 1. The molecule has 3 aliphatic rings. The first-order valence-corrected chi connectivity index (χ1v) is 14.3.